The molecule has 0 bridgehead atoms. The third kappa shape index (κ3) is 3.47. The Morgan fingerprint density at radius 3 is 2.61 bits per heavy atom. The van der Waals surface area contributed by atoms with Gasteiger partial charge in [0.15, 0.2) is 5.65 Å². The first-order valence-electron chi connectivity index (χ1n) is 10.8. The number of carbonyl (C=O) groups excluding carboxylic acids is 1. The van der Waals surface area contributed by atoms with E-state index in [1.54, 1.807) is 34.5 Å². The maximum Gasteiger partial charge on any atom is 0.263 e. The van der Waals surface area contributed by atoms with Crippen LogP contribution in [0.25, 0.3) is 22.1 Å². The lowest BCUT2D eigenvalue weighted by Crippen LogP contribution is -2.32. The Kier molecular flexibility index (Phi) is 5.01. The summed E-state index contributed by atoms with van der Waals surface area (Å²) in [5, 5.41) is 8.96. The van der Waals surface area contributed by atoms with Gasteiger partial charge in [-0.15, -0.1) is 0 Å². The highest BCUT2D eigenvalue weighted by atomic mass is 16.2. The lowest BCUT2D eigenvalue weighted by Gasteiger charge is -2.21. The Morgan fingerprint density at radius 1 is 1.03 bits per heavy atom. The zero-order chi connectivity index (χ0) is 23.1. The van der Waals surface area contributed by atoms with E-state index < -0.39 is 6.04 Å². The predicted molar refractivity (Wildman–Crippen MR) is 128 cm³/mol. The van der Waals surface area contributed by atoms with E-state index in [-0.39, 0.29) is 11.5 Å². The summed E-state index contributed by atoms with van der Waals surface area (Å²) in [5.41, 5.74) is 3.76. The monoisotopic (exact) mass is 437 g/mol. The highest BCUT2D eigenvalue weighted by Gasteiger charge is 2.23. The molecule has 0 aliphatic carbocycles. The van der Waals surface area contributed by atoms with Crippen molar-refractivity contribution >= 4 is 22.3 Å². The molecule has 0 aliphatic heterocycles. The van der Waals surface area contributed by atoms with E-state index in [0.29, 0.717) is 28.0 Å². The van der Waals surface area contributed by atoms with Crippen molar-refractivity contribution in [2.45, 2.75) is 26.8 Å². The Bertz CT molecular complexity index is 1570. The molecule has 3 aromatic heterocycles. The van der Waals surface area contributed by atoms with Crippen LogP contribution in [0.2, 0.25) is 0 Å². The Balaban J connectivity index is 1.64. The molecular weight excluding hydrogens is 414 g/mol. The number of rotatable bonds is 4. The normalized spacial score (nSPS) is 12.2. The molecule has 1 N–H and O–H groups in total. The zero-order valence-electron chi connectivity index (χ0n) is 18.6. The molecule has 1 amide bonds. The number of carbonyl (C=O) groups is 1. The maximum absolute atomic E-state index is 13.6. The van der Waals surface area contributed by atoms with Crippen LogP contribution in [0.5, 0.6) is 0 Å². The average Bonchev–Trinajstić information content (AvgIpc) is 3.15. The van der Waals surface area contributed by atoms with Gasteiger partial charge in [0.05, 0.1) is 17.1 Å². The molecule has 2 aromatic carbocycles. The largest absolute Gasteiger partial charge is 0.344 e. The van der Waals surface area contributed by atoms with Gasteiger partial charge in [0.1, 0.15) is 5.56 Å². The summed E-state index contributed by atoms with van der Waals surface area (Å²) < 4.78 is 3.27. The quantitative estimate of drug-likeness (QED) is 0.458. The van der Waals surface area contributed by atoms with Crippen molar-refractivity contribution in [1.82, 2.24) is 24.5 Å². The molecule has 5 rings (SSSR count). The van der Waals surface area contributed by atoms with Crippen molar-refractivity contribution in [3.05, 3.63) is 106 Å². The molecule has 7 nitrogen and oxygen atoms in total. The first kappa shape index (κ1) is 20.6. The van der Waals surface area contributed by atoms with Gasteiger partial charge in [-0.3, -0.25) is 14.2 Å². The molecule has 1 atom stereocenters. The third-order valence-corrected chi connectivity index (χ3v) is 5.89. The fourth-order valence-electron chi connectivity index (χ4n) is 4.32. The van der Waals surface area contributed by atoms with Crippen molar-refractivity contribution < 1.29 is 4.79 Å². The Labute approximate surface area is 190 Å². The van der Waals surface area contributed by atoms with Crippen LogP contribution in [0.3, 0.4) is 0 Å². The molecule has 0 saturated heterocycles. The minimum Gasteiger partial charge on any atom is -0.344 e. The van der Waals surface area contributed by atoms with Crippen LogP contribution in [-0.4, -0.2) is 25.1 Å². The second kappa shape index (κ2) is 8.02. The van der Waals surface area contributed by atoms with Gasteiger partial charge in [-0.25, -0.2) is 9.50 Å². The number of para-hydroxylation sites is 1. The highest BCUT2D eigenvalue weighted by molar-refractivity contribution is 6.01. The van der Waals surface area contributed by atoms with E-state index >= 15 is 0 Å². The van der Waals surface area contributed by atoms with Gasteiger partial charge in [-0.05, 0) is 56.0 Å². The number of hydrogen-bond acceptors (Lipinski definition) is 4. The van der Waals surface area contributed by atoms with Crippen molar-refractivity contribution in [2.75, 3.05) is 0 Å². The zero-order valence-corrected chi connectivity index (χ0v) is 18.6. The van der Waals surface area contributed by atoms with E-state index in [1.165, 1.54) is 0 Å². The smallest absolute Gasteiger partial charge is 0.263 e. The molecule has 33 heavy (non-hydrogen) atoms. The van der Waals surface area contributed by atoms with Crippen molar-refractivity contribution in [1.29, 1.82) is 0 Å². The summed E-state index contributed by atoms with van der Waals surface area (Å²) in [6.07, 6.45) is 3.39. The molecule has 0 unspecified atom stereocenters. The lowest BCUT2D eigenvalue weighted by atomic mass is 10.0. The number of amides is 1. The molecule has 5 aromatic rings. The molecule has 0 aliphatic rings. The number of aryl methyl sites for hydroxylation is 2. The van der Waals surface area contributed by atoms with Gasteiger partial charge >= 0.3 is 0 Å². The van der Waals surface area contributed by atoms with Gasteiger partial charge in [0.2, 0.25) is 0 Å². The average molecular weight is 438 g/mol. The fraction of sp³-hybridized carbons (Fsp3) is 0.154. The van der Waals surface area contributed by atoms with Gasteiger partial charge in [-0.1, -0.05) is 36.4 Å². The summed E-state index contributed by atoms with van der Waals surface area (Å²) in [4.78, 5) is 31.2. The van der Waals surface area contributed by atoms with Crippen molar-refractivity contribution in [3.63, 3.8) is 0 Å². The maximum atomic E-state index is 13.6. The van der Waals surface area contributed by atoms with Crippen LogP contribution in [0.1, 0.15) is 40.3 Å². The van der Waals surface area contributed by atoms with Crippen LogP contribution in [-0.2, 0) is 0 Å². The Hall–Kier alpha value is -4.26. The van der Waals surface area contributed by atoms with E-state index in [4.69, 9.17) is 0 Å². The molecule has 7 heteroatoms. The summed E-state index contributed by atoms with van der Waals surface area (Å²) in [6.45, 7) is 5.60. The van der Waals surface area contributed by atoms with Gasteiger partial charge in [0, 0.05) is 23.8 Å². The first-order chi connectivity index (χ1) is 16.0. The fourth-order valence-corrected chi connectivity index (χ4v) is 4.32. The number of aromatic nitrogens is 4. The van der Waals surface area contributed by atoms with Crippen LogP contribution in [0.4, 0.5) is 0 Å². The second-order valence-corrected chi connectivity index (χ2v) is 8.13. The molecule has 164 valence electrons. The third-order valence-electron chi connectivity index (χ3n) is 5.89. The number of fused-ring (bicyclic) bond motifs is 2. The molecule has 0 saturated carbocycles. The molecule has 0 radical (unpaired) electrons. The van der Waals surface area contributed by atoms with E-state index in [9.17, 15) is 9.59 Å². The van der Waals surface area contributed by atoms with Crippen LogP contribution in [0, 0.1) is 13.8 Å². The van der Waals surface area contributed by atoms with Gasteiger partial charge in [-0.2, -0.15) is 5.10 Å². The van der Waals surface area contributed by atoms with Gasteiger partial charge in [0.25, 0.3) is 11.5 Å². The predicted octanol–water partition coefficient (Wildman–Crippen LogP) is 4.14. The summed E-state index contributed by atoms with van der Waals surface area (Å²) in [6, 6.07) is 18.6. The van der Waals surface area contributed by atoms with Crippen LogP contribution < -0.4 is 10.9 Å². The minimum absolute atomic E-state index is 0.110. The first-order valence-corrected chi connectivity index (χ1v) is 10.8. The topological polar surface area (TPSA) is 81.3 Å². The standard InChI is InChI=1S/C26H23N5O2/c1-16-9-7-10-19-15-21(31(26(33)22(16)19)20-11-5-4-6-12-20)17(2)28-25(32)23-18(3)29-30-14-8-13-27-24(23)30/h4-15,17H,1-3H3,(H,28,32)/t17-/m0/s1. The lowest BCUT2D eigenvalue weighted by molar-refractivity contribution is 0.0939. The van der Waals surface area contributed by atoms with Crippen LogP contribution in [0.15, 0.2) is 77.9 Å². The number of hydrogen-bond donors (Lipinski definition) is 1. The van der Waals surface area contributed by atoms with Crippen LogP contribution >= 0.6 is 0 Å². The summed E-state index contributed by atoms with van der Waals surface area (Å²) in [5.74, 6) is -0.287. The molecular formula is C26H23N5O2. The number of nitrogens with one attached hydrogen (secondary N) is 1. The molecule has 0 fully saturated rings. The highest BCUT2D eigenvalue weighted by Crippen LogP contribution is 2.24. The van der Waals surface area contributed by atoms with E-state index in [1.807, 2.05) is 68.4 Å². The SMILES string of the molecule is Cc1nn2cccnc2c1C(=O)N[C@@H](C)c1cc2cccc(C)c2c(=O)n1-c1ccccc1. The van der Waals surface area contributed by atoms with Crippen molar-refractivity contribution in [3.8, 4) is 5.69 Å². The van der Waals surface area contributed by atoms with E-state index in [2.05, 4.69) is 15.4 Å². The van der Waals surface area contributed by atoms with Crippen molar-refractivity contribution in [2.24, 2.45) is 0 Å². The van der Waals surface area contributed by atoms with E-state index in [0.717, 1.165) is 16.6 Å². The number of benzene rings is 2. The minimum atomic E-state index is -0.451. The molecule has 0 spiro atoms. The molecule has 3 heterocycles. The summed E-state index contributed by atoms with van der Waals surface area (Å²) in [7, 11) is 0. The Morgan fingerprint density at radius 2 is 1.82 bits per heavy atom. The van der Waals surface area contributed by atoms with Gasteiger partial charge < -0.3 is 5.32 Å². The number of pyridine rings is 1. The number of nitrogens with zero attached hydrogens (tertiary/aromatic N) is 4. The summed E-state index contributed by atoms with van der Waals surface area (Å²) >= 11 is 0. The second-order valence-electron chi connectivity index (χ2n) is 8.13.